The highest BCUT2D eigenvalue weighted by Gasteiger charge is 2.30. The second-order valence-electron chi connectivity index (χ2n) is 4.78. The first kappa shape index (κ1) is 13.9. The summed E-state index contributed by atoms with van der Waals surface area (Å²) in [5.41, 5.74) is -0.142. The highest BCUT2D eigenvalue weighted by atomic mass is 16.6. The molecule has 0 spiro atoms. The van der Waals surface area contributed by atoms with Crippen LogP contribution in [0.15, 0.2) is 0 Å². The molecular weight excluding hydrogens is 202 g/mol. The fraction of sp³-hybridized carbons (Fsp3) is 1.00. The Hall–Kier alpha value is -0.120. The molecule has 0 aromatic rings. The molecule has 1 fully saturated rings. The molecule has 1 rings (SSSR count). The number of nitrogens with zero attached hydrogens (tertiary/aromatic N) is 1. The normalized spacial score (nSPS) is 21.0. The van der Waals surface area contributed by atoms with E-state index in [9.17, 15) is 5.11 Å². The van der Waals surface area contributed by atoms with Crippen molar-refractivity contribution in [1.29, 1.82) is 0 Å². The lowest BCUT2D eigenvalue weighted by Crippen LogP contribution is -2.46. The van der Waals surface area contributed by atoms with Gasteiger partial charge in [0.25, 0.3) is 0 Å². The van der Waals surface area contributed by atoms with Crippen LogP contribution in [0.3, 0.4) is 0 Å². The summed E-state index contributed by atoms with van der Waals surface area (Å²) in [5.74, 6) is 0. The Balaban J connectivity index is 2.49. The van der Waals surface area contributed by atoms with Gasteiger partial charge in [0.1, 0.15) is 0 Å². The maximum Gasteiger partial charge on any atom is 0.216 e. The van der Waals surface area contributed by atoms with Gasteiger partial charge in [0.2, 0.25) is 6.41 Å². The molecule has 0 amide bonds. The van der Waals surface area contributed by atoms with Gasteiger partial charge in [-0.1, -0.05) is 27.2 Å². The van der Waals surface area contributed by atoms with Crippen LogP contribution in [0.25, 0.3) is 0 Å². The fourth-order valence-corrected chi connectivity index (χ4v) is 2.44. The molecule has 3 nitrogen and oxygen atoms in total. The molecule has 3 heteroatoms. The quantitative estimate of drug-likeness (QED) is 0.711. The standard InChI is InChI=1S/C13H27NO2/c1-4-13(5-2,6-3)16-12(15)14-10-8-7-9-11-14/h12,15H,4-11H2,1-3H3. The molecule has 0 aromatic heterocycles. The van der Waals surface area contributed by atoms with Crippen molar-refractivity contribution in [2.45, 2.75) is 71.3 Å². The first-order valence-corrected chi connectivity index (χ1v) is 6.77. The summed E-state index contributed by atoms with van der Waals surface area (Å²) >= 11 is 0. The summed E-state index contributed by atoms with van der Waals surface area (Å²) in [6, 6.07) is 0. The minimum atomic E-state index is -0.708. The fourth-order valence-electron chi connectivity index (χ4n) is 2.44. The number of aliphatic hydroxyl groups is 1. The van der Waals surface area contributed by atoms with Crippen molar-refractivity contribution < 1.29 is 9.84 Å². The average molecular weight is 229 g/mol. The van der Waals surface area contributed by atoms with Crippen LogP contribution in [-0.4, -0.2) is 35.1 Å². The van der Waals surface area contributed by atoms with E-state index in [0.717, 1.165) is 32.4 Å². The molecule has 0 radical (unpaired) electrons. The highest BCUT2D eigenvalue weighted by molar-refractivity contribution is 4.77. The molecule has 0 bridgehead atoms. The van der Waals surface area contributed by atoms with E-state index in [1.165, 1.54) is 19.3 Å². The van der Waals surface area contributed by atoms with E-state index >= 15 is 0 Å². The van der Waals surface area contributed by atoms with Crippen molar-refractivity contribution in [2.24, 2.45) is 0 Å². The SMILES string of the molecule is CCC(CC)(CC)OC(O)N1CCCCC1. The third-order valence-corrected chi connectivity index (χ3v) is 3.99. The van der Waals surface area contributed by atoms with Gasteiger partial charge >= 0.3 is 0 Å². The van der Waals surface area contributed by atoms with E-state index in [4.69, 9.17) is 4.74 Å². The van der Waals surface area contributed by atoms with E-state index < -0.39 is 6.41 Å². The van der Waals surface area contributed by atoms with Gasteiger partial charge in [-0.2, -0.15) is 0 Å². The predicted octanol–water partition coefficient (Wildman–Crippen LogP) is 2.73. The number of piperidine rings is 1. The van der Waals surface area contributed by atoms with Crippen molar-refractivity contribution >= 4 is 0 Å². The number of aliphatic hydroxyl groups excluding tert-OH is 1. The van der Waals surface area contributed by atoms with Crippen LogP contribution in [-0.2, 0) is 4.74 Å². The molecule has 1 aliphatic rings. The molecule has 1 heterocycles. The Morgan fingerprint density at radius 1 is 1.06 bits per heavy atom. The Morgan fingerprint density at radius 2 is 1.56 bits per heavy atom. The molecule has 0 aromatic carbocycles. The summed E-state index contributed by atoms with van der Waals surface area (Å²) in [4.78, 5) is 2.05. The van der Waals surface area contributed by atoms with Crippen molar-refractivity contribution in [3.05, 3.63) is 0 Å². The molecular formula is C13H27NO2. The summed E-state index contributed by atoms with van der Waals surface area (Å²) in [6.45, 7) is 8.34. The topological polar surface area (TPSA) is 32.7 Å². The number of ether oxygens (including phenoxy) is 1. The molecule has 0 aliphatic carbocycles. The number of hydrogen-bond acceptors (Lipinski definition) is 3. The third-order valence-electron chi connectivity index (χ3n) is 3.99. The first-order valence-electron chi connectivity index (χ1n) is 6.77. The Labute approximate surface area is 99.8 Å². The van der Waals surface area contributed by atoms with Gasteiger partial charge in [0.15, 0.2) is 0 Å². The van der Waals surface area contributed by atoms with Crippen LogP contribution >= 0.6 is 0 Å². The van der Waals surface area contributed by atoms with Gasteiger partial charge < -0.3 is 9.84 Å². The minimum Gasteiger partial charge on any atom is -0.356 e. The van der Waals surface area contributed by atoms with E-state index in [0.29, 0.717) is 0 Å². The molecule has 1 unspecified atom stereocenters. The average Bonchev–Trinajstić information content (AvgIpc) is 2.37. The van der Waals surface area contributed by atoms with E-state index in [1.54, 1.807) is 0 Å². The monoisotopic (exact) mass is 229 g/mol. The van der Waals surface area contributed by atoms with Crippen LogP contribution < -0.4 is 0 Å². The Kier molecular flexibility index (Phi) is 5.73. The predicted molar refractivity (Wildman–Crippen MR) is 66.1 cm³/mol. The van der Waals surface area contributed by atoms with Crippen LogP contribution in [0.4, 0.5) is 0 Å². The zero-order valence-electron chi connectivity index (χ0n) is 11.0. The summed E-state index contributed by atoms with van der Waals surface area (Å²) in [7, 11) is 0. The third kappa shape index (κ3) is 3.44. The van der Waals surface area contributed by atoms with Crippen LogP contribution in [0.2, 0.25) is 0 Å². The van der Waals surface area contributed by atoms with Crippen LogP contribution in [0.5, 0.6) is 0 Å². The van der Waals surface area contributed by atoms with E-state index in [2.05, 4.69) is 25.7 Å². The lowest BCUT2D eigenvalue weighted by molar-refractivity contribution is -0.258. The van der Waals surface area contributed by atoms with Crippen molar-refractivity contribution in [1.82, 2.24) is 4.90 Å². The Bertz CT molecular complexity index is 178. The molecule has 16 heavy (non-hydrogen) atoms. The summed E-state index contributed by atoms with van der Waals surface area (Å²) < 4.78 is 5.91. The van der Waals surface area contributed by atoms with Gasteiger partial charge in [0, 0.05) is 13.1 Å². The summed E-state index contributed by atoms with van der Waals surface area (Å²) in [5, 5.41) is 10.1. The largest absolute Gasteiger partial charge is 0.356 e. The summed E-state index contributed by atoms with van der Waals surface area (Å²) in [6.07, 6.45) is 5.82. The second kappa shape index (κ2) is 6.58. The van der Waals surface area contributed by atoms with Crippen LogP contribution in [0.1, 0.15) is 59.3 Å². The molecule has 96 valence electrons. The van der Waals surface area contributed by atoms with Crippen molar-refractivity contribution in [2.75, 3.05) is 13.1 Å². The molecule has 1 saturated heterocycles. The molecule has 1 aliphatic heterocycles. The first-order chi connectivity index (χ1) is 7.67. The maximum absolute atomic E-state index is 10.1. The zero-order valence-corrected chi connectivity index (χ0v) is 11.0. The molecule has 1 atom stereocenters. The van der Waals surface area contributed by atoms with Gasteiger partial charge in [-0.3, -0.25) is 4.90 Å². The highest BCUT2D eigenvalue weighted by Crippen LogP contribution is 2.27. The van der Waals surface area contributed by atoms with Gasteiger partial charge in [-0.15, -0.1) is 0 Å². The second-order valence-corrected chi connectivity index (χ2v) is 4.78. The lowest BCUT2D eigenvalue weighted by atomic mass is 9.94. The number of hydrogen-bond donors (Lipinski definition) is 1. The van der Waals surface area contributed by atoms with Crippen molar-refractivity contribution in [3.63, 3.8) is 0 Å². The number of rotatable bonds is 6. The van der Waals surface area contributed by atoms with Crippen LogP contribution in [0, 0.1) is 0 Å². The van der Waals surface area contributed by atoms with E-state index in [1.807, 2.05) is 0 Å². The van der Waals surface area contributed by atoms with E-state index in [-0.39, 0.29) is 5.60 Å². The Morgan fingerprint density at radius 3 is 2.00 bits per heavy atom. The maximum atomic E-state index is 10.1. The number of likely N-dealkylation sites (tertiary alicyclic amines) is 1. The zero-order chi connectivity index (χ0) is 12.0. The molecule has 1 N–H and O–H groups in total. The minimum absolute atomic E-state index is 0.142. The van der Waals surface area contributed by atoms with Gasteiger partial charge in [-0.25, -0.2) is 0 Å². The van der Waals surface area contributed by atoms with Crippen molar-refractivity contribution in [3.8, 4) is 0 Å². The van der Waals surface area contributed by atoms with Gasteiger partial charge in [0.05, 0.1) is 5.60 Å². The lowest BCUT2D eigenvalue weighted by Gasteiger charge is -2.38. The molecule has 0 saturated carbocycles. The smallest absolute Gasteiger partial charge is 0.216 e. The van der Waals surface area contributed by atoms with Gasteiger partial charge in [-0.05, 0) is 32.1 Å².